The van der Waals surface area contributed by atoms with Crippen LogP contribution in [0.1, 0.15) is 18.9 Å². The normalized spacial score (nSPS) is 23.0. The third-order valence-corrected chi connectivity index (χ3v) is 3.67. The molecule has 1 aliphatic rings. The molecule has 0 amide bonds. The Balaban J connectivity index is 1.86. The summed E-state index contributed by atoms with van der Waals surface area (Å²) < 4.78 is 7.58. The molecule has 1 heterocycles. The van der Waals surface area contributed by atoms with E-state index in [1.807, 2.05) is 29.1 Å². The van der Waals surface area contributed by atoms with E-state index in [1.54, 1.807) is 0 Å². The first kappa shape index (κ1) is 12.0. The Morgan fingerprint density at radius 3 is 3.00 bits per heavy atom. The van der Waals surface area contributed by atoms with Crippen molar-refractivity contribution in [3.8, 4) is 5.75 Å². The molecule has 0 saturated heterocycles. The fourth-order valence-electron chi connectivity index (χ4n) is 2.33. The number of hydrogen-bond acceptors (Lipinski definition) is 3. The van der Waals surface area contributed by atoms with Crippen LogP contribution in [0.2, 0.25) is 0 Å². The fraction of sp³-hybridized carbons (Fsp3) is 0.462. The molecule has 0 spiro atoms. The van der Waals surface area contributed by atoms with Gasteiger partial charge in [-0.05, 0) is 31.0 Å². The van der Waals surface area contributed by atoms with Crippen LogP contribution in [0, 0.1) is 0 Å². The molecule has 1 aliphatic carbocycles. The van der Waals surface area contributed by atoms with Gasteiger partial charge in [0.05, 0.1) is 30.5 Å². The van der Waals surface area contributed by atoms with Crippen molar-refractivity contribution in [1.29, 1.82) is 0 Å². The molecule has 0 aliphatic heterocycles. The van der Waals surface area contributed by atoms with E-state index < -0.39 is 0 Å². The Labute approximate surface area is 114 Å². The molecule has 2 aromatic rings. The van der Waals surface area contributed by atoms with E-state index in [2.05, 4.69) is 21.0 Å². The van der Waals surface area contributed by atoms with Crippen molar-refractivity contribution in [3.05, 3.63) is 24.4 Å². The molecule has 0 radical (unpaired) electrons. The van der Waals surface area contributed by atoms with Gasteiger partial charge in [-0.2, -0.15) is 5.10 Å². The minimum Gasteiger partial charge on any atom is -0.493 e. The van der Waals surface area contributed by atoms with Gasteiger partial charge in [-0.3, -0.25) is 4.68 Å². The van der Waals surface area contributed by atoms with Crippen molar-refractivity contribution < 1.29 is 9.84 Å². The molecule has 3 rings (SSSR count). The van der Waals surface area contributed by atoms with Crippen LogP contribution in [0.15, 0.2) is 24.4 Å². The third-order valence-electron chi connectivity index (χ3n) is 3.35. The number of rotatable bonds is 4. The Hall–Kier alpha value is -1.07. The average Bonchev–Trinajstić information content (AvgIpc) is 2.75. The van der Waals surface area contributed by atoms with Crippen LogP contribution in [0.25, 0.3) is 10.9 Å². The van der Waals surface area contributed by atoms with Gasteiger partial charge in [0, 0.05) is 10.7 Å². The molecule has 1 saturated carbocycles. The number of nitrogens with zero attached hydrogens (tertiary/aromatic N) is 2. The molecule has 4 nitrogen and oxygen atoms in total. The number of aromatic nitrogens is 2. The number of fused-ring (bicyclic) bond motifs is 1. The van der Waals surface area contributed by atoms with Gasteiger partial charge in [-0.1, -0.05) is 15.9 Å². The van der Waals surface area contributed by atoms with Crippen LogP contribution in [-0.2, 0) is 0 Å². The molecular formula is C13H15BrN2O2. The first-order chi connectivity index (χ1) is 8.78. The van der Waals surface area contributed by atoms with E-state index in [0.717, 1.165) is 34.8 Å². The molecule has 1 fully saturated rings. The van der Waals surface area contributed by atoms with E-state index in [4.69, 9.17) is 4.74 Å². The van der Waals surface area contributed by atoms with Gasteiger partial charge in [0.1, 0.15) is 5.75 Å². The Bertz CT molecular complexity index is 549. The number of benzene rings is 1. The second-order valence-electron chi connectivity index (χ2n) is 4.63. The maximum atomic E-state index is 9.36. The number of halogens is 1. The van der Waals surface area contributed by atoms with Crippen LogP contribution in [0.3, 0.4) is 0 Å². The molecule has 1 N–H and O–H groups in total. The van der Waals surface area contributed by atoms with Crippen LogP contribution < -0.4 is 4.74 Å². The van der Waals surface area contributed by atoms with Crippen LogP contribution in [0.5, 0.6) is 5.75 Å². The monoisotopic (exact) mass is 310 g/mol. The molecule has 0 atom stereocenters. The van der Waals surface area contributed by atoms with E-state index in [0.29, 0.717) is 12.6 Å². The van der Waals surface area contributed by atoms with Crippen molar-refractivity contribution in [2.75, 3.05) is 11.9 Å². The molecule has 5 heteroatoms. The summed E-state index contributed by atoms with van der Waals surface area (Å²) in [4.78, 5) is 0. The number of alkyl halides is 1. The highest BCUT2D eigenvalue weighted by Crippen LogP contribution is 2.34. The average molecular weight is 311 g/mol. The van der Waals surface area contributed by atoms with Crippen molar-refractivity contribution in [3.63, 3.8) is 0 Å². The summed E-state index contributed by atoms with van der Waals surface area (Å²) in [7, 11) is 0. The third kappa shape index (κ3) is 2.12. The Morgan fingerprint density at radius 2 is 2.28 bits per heavy atom. The molecule has 18 heavy (non-hydrogen) atoms. The highest BCUT2D eigenvalue weighted by Gasteiger charge is 2.30. The maximum absolute atomic E-state index is 9.36. The standard InChI is InChI=1S/C13H15BrN2O2/c14-3-4-18-12-1-2-13-9(5-12)8-15-16(13)10-6-11(17)7-10/h1-2,5,8,10-11,17H,3-4,6-7H2. The molecule has 1 aromatic heterocycles. The zero-order chi connectivity index (χ0) is 12.5. The summed E-state index contributed by atoms with van der Waals surface area (Å²) in [6.07, 6.45) is 3.31. The number of aliphatic hydroxyl groups excluding tert-OH is 1. The quantitative estimate of drug-likeness (QED) is 0.883. The minimum absolute atomic E-state index is 0.157. The summed E-state index contributed by atoms with van der Waals surface area (Å²) >= 11 is 3.34. The predicted molar refractivity (Wildman–Crippen MR) is 73.3 cm³/mol. The first-order valence-electron chi connectivity index (χ1n) is 6.12. The summed E-state index contributed by atoms with van der Waals surface area (Å²) in [6, 6.07) is 6.36. The van der Waals surface area contributed by atoms with Crippen molar-refractivity contribution in [2.45, 2.75) is 25.0 Å². The van der Waals surface area contributed by atoms with E-state index in [9.17, 15) is 5.11 Å². The number of ether oxygens (including phenoxy) is 1. The Morgan fingerprint density at radius 1 is 1.44 bits per heavy atom. The fourth-order valence-corrected chi connectivity index (χ4v) is 2.49. The lowest BCUT2D eigenvalue weighted by Gasteiger charge is -2.31. The summed E-state index contributed by atoms with van der Waals surface area (Å²) in [5.74, 6) is 0.871. The zero-order valence-electron chi connectivity index (χ0n) is 9.92. The lowest BCUT2D eigenvalue weighted by Crippen LogP contribution is -2.31. The SMILES string of the molecule is OC1CC(n2ncc3cc(OCCBr)ccc32)C1. The highest BCUT2D eigenvalue weighted by atomic mass is 79.9. The Kier molecular flexibility index (Phi) is 3.26. The topological polar surface area (TPSA) is 47.3 Å². The predicted octanol–water partition coefficient (Wildman–Crippen LogP) is 2.51. The zero-order valence-corrected chi connectivity index (χ0v) is 11.5. The molecule has 0 bridgehead atoms. The van der Waals surface area contributed by atoms with E-state index >= 15 is 0 Å². The summed E-state index contributed by atoms with van der Waals surface area (Å²) in [5.41, 5.74) is 1.11. The molecule has 1 aromatic carbocycles. The van der Waals surface area contributed by atoms with Crippen LogP contribution >= 0.6 is 15.9 Å². The summed E-state index contributed by atoms with van der Waals surface area (Å²) in [6.45, 7) is 0.661. The number of aliphatic hydroxyl groups is 1. The van der Waals surface area contributed by atoms with E-state index in [1.165, 1.54) is 0 Å². The second-order valence-corrected chi connectivity index (χ2v) is 5.42. The summed E-state index contributed by atoms with van der Waals surface area (Å²) in [5, 5.41) is 15.7. The lowest BCUT2D eigenvalue weighted by molar-refractivity contribution is 0.0453. The molecule has 0 unspecified atom stereocenters. The van der Waals surface area contributed by atoms with Crippen LogP contribution in [-0.4, -0.2) is 32.9 Å². The maximum Gasteiger partial charge on any atom is 0.120 e. The van der Waals surface area contributed by atoms with Gasteiger partial charge >= 0.3 is 0 Å². The van der Waals surface area contributed by atoms with Crippen molar-refractivity contribution >= 4 is 26.8 Å². The minimum atomic E-state index is -0.157. The van der Waals surface area contributed by atoms with Crippen molar-refractivity contribution in [1.82, 2.24) is 9.78 Å². The van der Waals surface area contributed by atoms with Gasteiger partial charge in [-0.25, -0.2) is 0 Å². The first-order valence-corrected chi connectivity index (χ1v) is 7.24. The van der Waals surface area contributed by atoms with Gasteiger partial charge in [0.15, 0.2) is 0 Å². The number of hydrogen-bond donors (Lipinski definition) is 1. The molecular weight excluding hydrogens is 296 g/mol. The smallest absolute Gasteiger partial charge is 0.120 e. The lowest BCUT2D eigenvalue weighted by atomic mass is 9.89. The van der Waals surface area contributed by atoms with Gasteiger partial charge in [0.25, 0.3) is 0 Å². The van der Waals surface area contributed by atoms with Gasteiger partial charge in [0.2, 0.25) is 0 Å². The molecule has 96 valence electrons. The van der Waals surface area contributed by atoms with E-state index in [-0.39, 0.29) is 6.10 Å². The second kappa shape index (κ2) is 4.90. The van der Waals surface area contributed by atoms with Crippen molar-refractivity contribution in [2.24, 2.45) is 0 Å². The van der Waals surface area contributed by atoms with Gasteiger partial charge in [-0.15, -0.1) is 0 Å². The largest absolute Gasteiger partial charge is 0.493 e. The van der Waals surface area contributed by atoms with Gasteiger partial charge < -0.3 is 9.84 Å². The highest BCUT2D eigenvalue weighted by molar-refractivity contribution is 9.09. The van der Waals surface area contributed by atoms with Crippen LogP contribution in [0.4, 0.5) is 0 Å².